The number of nitrogens with zero attached hydrogens (tertiary/aromatic N) is 2. The van der Waals surface area contributed by atoms with Crippen LogP contribution in [0.2, 0.25) is 0 Å². The van der Waals surface area contributed by atoms with Gasteiger partial charge in [-0.25, -0.2) is 4.39 Å². The van der Waals surface area contributed by atoms with E-state index in [9.17, 15) is 4.39 Å². The first-order chi connectivity index (χ1) is 10.1. The zero-order valence-corrected chi connectivity index (χ0v) is 12.5. The lowest BCUT2D eigenvalue weighted by Gasteiger charge is -1.99. The molecule has 0 aliphatic carbocycles. The van der Waals surface area contributed by atoms with Crippen LogP contribution >= 0.6 is 15.9 Å². The summed E-state index contributed by atoms with van der Waals surface area (Å²) in [5.74, 6) is 0.532. The van der Waals surface area contributed by atoms with E-state index in [-0.39, 0.29) is 12.2 Å². The summed E-state index contributed by atoms with van der Waals surface area (Å²) in [5, 5.41) is 3.88. The smallest absolute Gasteiger partial charge is 0.257 e. The Kier molecular flexibility index (Phi) is 3.70. The van der Waals surface area contributed by atoms with Crippen LogP contribution in [0.3, 0.4) is 0 Å². The molecule has 0 unspecified atom stereocenters. The summed E-state index contributed by atoms with van der Waals surface area (Å²) in [7, 11) is 0. The van der Waals surface area contributed by atoms with Gasteiger partial charge in [-0.05, 0) is 45.8 Å². The highest BCUT2D eigenvalue weighted by molar-refractivity contribution is 9.10. The van der Waals surface area contributed by atoms with E-state index in [4.69, 9.17) is 10.3 Å². The Morgan fingerprint density at radius 2 is 2.00 bits per heavy atom. The molecule has 0 aliphatic heterocycles. The van der Waals surface area contributed by atoms with Gasteiger partial charge in [0.15, 0.2) is 5.82 Å². The van der Waals surface area contributed by atoms with Gasteiger partial charge in [0.05, 0.1) is 0 Å². The van der Waals surface area contributed by atoms with Crippen LogP contribution < -0.4 is 5.73 Å². The largest absolute Gasteiger partial charge is 0.398 e. The van der Waals surface area contributed by atoms with Gasteiger partial charge in [0.25, 0.3) is 5.89 Å². The molecule has 0 aliphatic rings. The average Bonchev–Trinajstić information content (AvgIpc) is 2.93. The summed E-state index contributed by atoms with van der Waals surface area (Å²) in [6.07, 6.45) is 0.284. The number of benzene rings is 2. The van der Waals surface area contributed by atoms with Crippen molar-refractivity contribution in [3.05, 3.63) is 64.1 Å². The molecule has 2 aromatic carbocycles. The van der Waals surface area contributed by atoms with Crippen LogP contribution in [-0.4, -0.2) is 10.1 Å². The fourth-order valence-electron chi connectivity index (χ4n) is 1.92. The maximum absolute atomic E-state index is 13.6. The van der Waals surface area contributed by atoms with Crippen molar-refractivity contribution < 1.29 is 8.91 Å². The van der Waals surface area contributed by atoms with Gasteiger partial charge in [-0.3, -0.25) is 0 Å². The molecule has 4 nitrogen and oxygen atoms in total. The highest BCUT2D eigenvalue weighted by Gasteiger charge is 2.12. The molecule has 0 radical (unpaired) electrons. The lowest BCUT2D eigenvalue weighted by Crippen LogP contribution is -1.94. The SMILES string of the molecule is Nc1ccc(-c2nc(Cc3ccccc3F)no2)cc1Br. The van der Waals surface area contributed by atoms with Gasteiger partial charge >= 0.3 is 0 Å². The molecular formula is C15H11BrFN3O. The van der Waals surface area contributed by atoms with Crippen LogP contribution in [0.25, 0.3) is 11.5 Å². The van der Waals surface area contributed by atoms with Crippen molar-refractivity contribution in [1.29, 1.82) is 0 Å². The van der Waals surface area contributed by atoms with Gasteiger partial charge in [0.1, 0.15) is 5.82 Å². The van der Waals surface area contributed by atoms with Crippen molar-refractivity contribution in [3.8, 4) is 11.5 Å². The van der Waals surface area contributed by atoms with Crippen LogP contribution in [-0.2, 0) is 6.42 Å². The summed E-state index contributed by atoms with van der Waals surface area (Å²) < 4.78 is 19.6. The van der Waals surface area contributed by atoms with E-state index in [1.165, 1.54) is 6.07 Å². The van der Waals surface area contributed by atoms with Crippen molar-refractivity contribution in [1.82, 2.24) is 10.1 Å². The maximum atomic E-state index is 13.6. The van der Waals surface area contributed by atoms with Gasteiger partial charge in [-0.15, -0.1) is 0 Å². The first-order valence-corrected chi connectivity index (χ1v) is 7.04. The number of rotatable bonds is 3. The minimum atomic E-state index is -0.279. The lowest BCUT2D eigenvalue weighted by molar-refractivity contribution is 0.423. The Labute approximate surface area is 128 Å². The Hall–Kier alpha value is -2.21. The average molecular weight is 348 g/mol. The Balaban J connectivity index is 1.86. The zero-order valence-electron chi connectivity index (χ0n) is 10.9. The minimum Gasteiger partial charge on any atom is -0.398 e. The molecule has 0 amide bonds. The van der Waals surface area contributed by atoms with Gasteiger partial charge in [-0.2, -0.15) is 4.98 Å². The fraction of sp³-hybridized carbons (Fsp3) is 0.0667. The van der Waals surface area contributed by atoms with Crippen LogP contribution in [0.5, 0.6) is 0 Å². The van der Waals surface area contributed by atoms with Crippen molar-refractivity contribution in [2.45, 2.75) is 6.42 Å². The molecule has 0 spiro atoms. The third kappa shape index (κ3) is 2.95. The molecule has 1 aromatic heterocycles. The fourth-order valence-corrected chi connectivity index (χ4v) is 2.29. The first-order valence-electron chi connectivity index (χ1n) is 6.25. The minimum absolute atomic E-state index is 0.279. The van der Waals surface area contributed by atoms with E-state index in [1.54, 1.807) is 36.4 Å². The number of anilines is 1. The predicted molar refractivity (Wildman–Crippen MR) is 81.1 cm³/mol. The Bertz CT molecular complexity index is 788. The topological polar surface area (TPSA) is 64.9 Å². The predicted octanol–water partition coefficient (Wildman–Crippen LogP) is 3.81. The number of nitrogen functional groups attached to an aromatic ring is 1. The second kappa shape index (κ2) is 5.65. The highest BCUT2D eigenvalue weighted by Crippen LogP contribution is 2.26. The molecule has 2 N–H and O–H groups in total. The van der Waals surface area contributed by atoms with Crippen LogP contribution in [0.15, 0.2) is 51.5 Å². The van der Waals surface area contributed by atoms with Crippen molar-refractivity contribution in [2.75, 3.05) is 5.73 Å². The van der Waals surface area contributed by atoms with Gasteiger partial charge in [0.2, 0.25) is 0 Å². The molecule has 0 bridgehead atoms. The van der Waals surface area contributed by atoms with E-state index in [0.717, 1.165) is 10.0 Å². The standard InChI is InChI=1S/C15H11BrFN3O/c16-11-7-10(5-6-13(11)18)15-19-14(20-21-15)8-9-3-1-2-4-12(9)17/h1-7H,8,18H2. The molecule has 0 saturated heterocycles. The second-order valence-corrected chi connectivity index (χ2v) is 5.37. The van der Waals surface area contributed by atoms with E-state index in [2.05, 4.69) is 26.1 Å². The van der Waals surface area contributed by atoms with Crippen LogP contribution in [0, 0.1) is 5.82 Å². The zero-order chi connectivity index (χ0) is 14.8. The van der Waals surface area contributed by atoms with Crippen molar-refractivity contribution in [2.24, 2.45) is 0 Å². The normalized spacial score (nSPS) is 10.8. The molecule has 3 aromatic rings. The number of halogens is 2. The quantitative estimate of drug-likeness (QED) is 0.731. The molecule has 6 heteroatoms. The Morgan fingerprint density at radius 1 is 1.19 bits per heavy atom. The molecule has 3 rings (SSSR count). The van der Waals surface area contributed by atoms with E-state index in [0.29, 0.717) is 23.0 Å². The summed E-state index contributed by atoms with van der Waals surface area (Å²) >= 11 is 3.35. The van der Waals surface area contributed by atoms with Crippen LogP contribution in [0.1, 0.15) is 11.4 Å². The summed E-state index contributed by atoms with van der Waals surface area (Å²) in [4.78, 5) is 4.28. The number of aromatic nitrogens is 2. The van der Waals surface area contributed by atoms with Crippen molar-refractivity contribution >= 4 is 21.6 Å². The molecule has 21 heavy (non-hydrogen) atoms. The lowest BCUT2D eigenvalue weighted by atomic mass is 10.1. The number of hydrogen-bond acceptors (Lipinski definition) is 4. The molecule has 0 saturated carbocycles. The number of hydrogen-bond donors (Lipinski definition) is 1. The monoisotopic (exact) mass is 347 g/mol. The second-order valence-electron chi connectivity index (χ2n) is 4.52. The van der Waals surface area contributed by atoms with Crippen molar-refractivity contribution in [3.63, 3.8) is 0 Å². The van der Waals surface area contributed by atoms with Crippen LogP contribution in [0.4, 0.5) is 10.1 Å². The Morgan fingerprint density at radius 3 is 2.76 bits per heavy atom. The van der Waals surface area contributed by atoms with E-state index in [1.807, 2.05) is 0 Å². The first kappa shape index (κ1) is 13.8. The summed E-state index contributed by atoms with van der Waals surface area (Å²) in [6.45, 7) is 0. The van der Waals surface area contributed by atoms with E-state index >= 15 is 0 Å². The molecule has 0 fully saturated rings. The van der Waals surface area contributed by atoms with Gasteiger partial charge < -0.3 is 10.3 Å². The highest BCUT2D eigenvalue weighted by atomic mass is 79.9. The molecular weight excluding hydrogens is 337 g/mol. The molecule has 1 heterocycles. The third-order valence-corrected chi connectivity index (χ3v) is 3.71. The van der Waals surface area contributed by atoms with Gasteiger partial charge in [-0.1, -0.05) is 23.4 Å². The third-order valence-electron chi connectivity index (χ3n) is 3.02. The van der Waals surface area contributed by atoms with E-state index < -0.39 is 0 Å². The maximum Gasteiger partial charge on any atom is 0.257 e. The summed E-state index contributed by atoms with van der Waals surface area (Å²) in [5.41, 5.74) is 7.65. The molecule has 106 valence electrons. The number of nitrogens with two attached hydrogens (primary N) is 1. The molecule has 0 atom stereocenters. The van der Waals surface area contributed by atoms with Gasteiger partial charge in [0, 0.05) is 22.1 Å². The summed E-state index contributed by atoms with van der Waals surface area (Å²) in [6, 6.07) is 11.9.